The molecule has 10 heteroatoms. The topological polar surface area (TPSA) is 105 Å². The Bertz CT molecular complexity index is 700. The van der Waals surface area contributed by atoms with Crippen molar-refractivity contribution in [1.82, 2.24) is 5.32 Å². The highest BCUT2D eigenvalue weighted by Gasteiger charge is 2.28. The summed E-state index contributed by atoms with van der Waals surface area (Å²) in [5, 5.41) is 9.60. The molecule has 0 aromatic heterocycles. The number of nitrogens with one attached hydrogen (secondary N) is 2. The smallest absolute Gasteiger partial charge is 0.344 e. The fourth-order valence-electron chi connectivity index (χ4n) is 1.79. The molecule has 0 saturated heterocycles. The molecule has 1 aromatic rings. The third-order valence-corrected chi connectivity index (χ3v) is 2.90. The van der Waals surface area contributed by atoms with E-state index >= 15 is 0 Å². The van der Waals surface area contributed by atoms with E-state index in [1.807, 2.05) is 0 Å². The second-order valence-corrected chi connectivity index (χ2v) is 4.63. The Hall–Kier alpha value is -2.91. The molecule has 0 fully saturated rings. The number of ketones is 1. The molecule has 0 heterocycles. The molecule has 4 N–H and O–H groups in total. The first-order valence-corrected chi connectivity index (χ1v) is 6.95. The maximum Gasteiger partial charge on any atom is 0.344 e. The van der Waals surface area contributed by atoms with Crippen LogP contribution in [0.2, 0.25) is 0 Å². The van der Waals surface area contributed by atoms with E-state index in [9.17, 15) is 27.2 Å². The highest BCUT2D eigenvalue weighted by Crippen LogP contribution is 2.14. The van der Waals surface area contributed by atoms with Gasteiger partial charge < -0.3 is 15.8 Å². The van der Waals surface area contributed by atoms with Crippen molar-refractivity contribution in [2.24, 2.45) is 5.73 Å². The summed E-state index contributed by atoms with van der Waals surface area (Å²) >= 11 is 0. The van der Waals surface area contributed by atoms with Gasteiger partial charge in [0.1, 0.15) is 28.7 Å². The molecule has 0 unspecified atom stereocenters. The Morgan fingerprint density at radius 3 is 2.32 bits per heavy atom. The second-order valence-electron chi connectivity index (χ2n) is 4.63. The van der Waals surface area contributed by atoms with E-state index in [4.69, 9.17) is 11.1 Å². The van der Waals surface area contributed by atoms with Gasteiger partial charge in [0.2, 0.25) is 5.78 Å². The summed E-state index contributed by atoms with van der Waals surface area (Å²) in [5.41, 5.74) is 2.13. The van der Waals surface area contributed by atoms with E-state index in [1.54, 1.807) is 6.92 Å². The standard InChI is InChI=1S/C15H15F4N3O3/c1-2-22-14(21)11(12(20)13(18)19)15(24)25-6-9(23)10-7(16)4-3-5-8(10)17/h3-5,13,20,22H,2,6,21H2,1H3/b14-11+,20-12?. The van der Waals surface area contributed by atoms with Gasteiger partial charge in [-0.15, -0.1) is 0 Å². The molecule has 0 bridgehead atoms. The molecule has 0 atom stereocenters. The number of rotatable bonds is 8. The first-order chi connectivity index (χ1) is 11.7. The fraction of sp³-hybridized carbons (Fsp3) is 0.267. The minimum absolute atomic E-state index is 0.165. The summed E-state index contributed by atoms with van der Waals surface area (Å²) in [4.78, 5) is 23.7. The van der Waals surface area contributed by atoms with Crippen LogP contribution in [0.25, 0.3) is 0 Å². The first-order valence-electron chi connectivity index (χ1n) is 6.95. The number of hydrogen-bond donors (Lipinski definition) is 3. The second kappa shape index (κ2) is 8.81. The maximum absolute atomic E-state index is 13.5. The zero-order valence-electron chi connectivity index (χ0n) is 13.0. The average molecular weight is 361 g/mol. The molecule has 1 aromatic carbocycles. The van der Waals surface area contributed by atoms with Crippen molar-refractivity contribution in [1.29, 1.82) is 5.41 Å². The van der Waals surface area contributed by atoms with E-state index in [2.05, 4.69) is 10.1 Å². The van der Waals surface area contributed by atoms with Crippen LogP contribution in [0.3, 0.4) is 0 Å². The van der Waals surface area contributed by atoms with Crippen molar-refractivity contribution in [2.75, 3.05) is 13.2 Å². The molecule has 0 amide bonds. The van der Waals surface area contributed by atoms with Crippen LogP contribution in [0, 0.1) is 17.0 Å². The molecule has 25 heavy (non-hydrogen) atoms. The zero-order valence-corrected chi connectivity index (χ0v) is 13.0. The van der Waals surface area contributed by atoms with Gasteiger partial charge in [0.05, 0.1) is 5.56 Å². The van der Waals surface area contributed by atoms with Crippen LogP contribution in [0.5, 0.6) is 0 Å². The monoisotopic (exact) mass is 361 g/mol. The fourth-order valence-corrected chi connectivity index (χ4v) is 1.79. The largest absolute Gasteiger partial charge is 0.454 e. The zero-order chi connectivity index (χ0) is 19.1. The number of nitrogens with two attached hydrogens (primary N) is 1. The van der Waals surface area contributed by atoms with E-state index in [-0.39, 0.29) is 6.54 Å². The number of halogens is 4. The number of esters is 1. The van der Waals surface area contributed by atoms with Crippen LogP contribution < -0.4 is 11.1 Å². The number of alkyl halides is 2. The highest BCUT2D eigenvalue weighted by molar-refractivity contribution is 6.20. The lowest BCUT2D eigenvalue weighted by atomic mass is 10.1. The van der Waals surface area contributed by atoms with Gasteiger partial charge in [-0.25, -0.2) is 22.4 Å². The lowest BCUT2D eigenvalue weighted by molar-refractivity contribution is -0.137. The highest BCUT2D eigenvalue weighted by atomic mass is 19.3. The normalized spacial score (nSPS) is 11.8. The minimum Gasteiger partial charge on any atom is -0.454 e. The van der Waals surface area contributed by atoms with Crippen LogP contribution in [-0.2, 0) is 9.53 Å². The number of ether oxygens (including phenoxy) is 1. The van der Waals surface area contributed by atoms with Crippen molar-refractivity contribution < 1.29 is 31.9 Å². The van der Waals surface area contributed by atoms with Crippen molar-refractivity contribution in [3.63, 3.8) is 0 Å². The van der Waals surface area contributed by atoms with Gasteiger partial charge in [-0.3, -0.25) is 10.2 Å². The quantitative estimate of drug-likeness (QED) is 0.215. The molecule has 1 rings (SSSR count). The third kappa shape index (κ3) is 5.03. The van der Waals surface area contributed by atoms with Crippen LogP contribution in [0.4, 0.5) is 17.6 Å². The molecular formula is C15H15F4N3O3. The van der Waals surface area contributed by atoms with E-state index < -0.39 is 59.1 Å². The minimum atomic E-state index is -3.32. The summed E-state index contributed by atoms with van der Waals surface area (Å²) in [5.74, 6) is -5.57. The average Bonchev–Trinajstić information content (AvgIpc) is 2.53. The van der Waals surface area contributed by atoms with Gasteiger partial charge >= 0.3 is 5.97 Å². The Balaban J connectivity index is 2.97. The first kappa shape index (κ1) is 20.1. The molecule has 136 valence electrons. The Kier molecular flexibility index (Phi) is 7.09. The van der Waals surface area contributed by atoms with Gasteiger partial charge in [0.25, 0.3) is 6.43 Å². The number of hydrogen-bond acceptors (Lipinski definition) is 6. The van der Waals surface area contributed by atoms with Gasteiger partial charge in [0.15, 0.2) is 6.61 Å². The number of Topliss-reactive ketones (excluding diaryl/α,β-unsaturated/α-hetero) is 1. The predicted molar refractivity (Wildman–Crippen MR) is 80.3 cm³/mol. The third-order valence-electron chi connectivity index (χ3n) is 2.90. The molecule has 0 saturated carbocycles. The molecule has 0 aliphatic rings. The summed E-state index contributed by atoms with van der Waals surface area (Å²) in [6, 6.07) is 2.70. The number of benzene rings is 1. The van der Waals surface area contributed by atoms with Crippen LogP contribution >= 0.6 is 0 Å². The van der Waals surface area contributed by atoms with Crippen LogP contribution in [0.1, 0.15) is 17.3 Å². The van der Waals surface area contributed by atoms with Crippen LogP contribution in [-0.4, -0.2) is 37.0 Å². The van der Waals surface area contributed by atoms with Gasteiger partial charge in [-0.05, 0) is 19.1 Å². The van der Waals surface area contributed by atoms with Crippen molar-refractivity contribution in [3.05, 3.63) is 46.8 Å². The van der Waals surface area contributed by atoms with Crippen molar-refractivity contribution in [3.8, 4) is 0 Å². The van der Waals surface area contributed by atoms with E-state index in [0.29, 0.717) is 0 Å². The molecule has 0 spiro atoms. The lowest BCUT2D eigenvalue weighted by Crippen LogP contribution is -2.32. The molecule has 0 aliphatic carbocycles. The van der Waals surface area contributed by atoms with Gasteiger partial charge in [-0.2, -0.15) is 0 Å². The SMILES string of the molecule is CCN/C(N)=C(\C(=N)C(F)F)C(=O)OCC(=O)c1c(F)cccc1F. The van der Waals surface area contributed by atoms with Crippen LogP contribution in [0.15, 0.2) is 29.6 Å². The summed E-state index contributed by atoms with van der Waals surface area (Å²) in [7, 11) is 0. The van der Waals surface area contributed by atoms with E-state index in [0.717, 1.165) is 18.2 Å². The summed E-state index contributed by atoms with van der Waals surface area (Å²) in [6.07, 6.45) is -3.32. The van der Waals surface area contributed by atoms with Crippen molar-refractivity contribution >= 4 is 17.5 Å². The molecule has 0 aliphatic heterocycles. The lowest BCUT2D eigenvalue weighted by Gasteiger charge is -2.13. The molecule has 6 nitrogen and oxygen atoms in total. The maximum atomic E-state index is 13.5. The Morgan fingerprint density at radius 2 is 1.84 bits per heavy atom. The number of carbonyl (C=O) groups excluding carboxylic acids is 2. The number of carbonyl (C=O) groups is 2. The molecule has 0 radical (unpaired) electrons. The van der Waals surface area contributed by atoms with E-state index in [1.165, 1.54) is 0 Å². The van der Waals surface area contributed by atoms with Gasteiger partial charge in [0, 0.05) is 6.54 Å². The summed E-state index contributed by atoms with van der Waals surface area (Å²) < 4.78 is 56.8. The van der Waals surface area contributed by atoms with Crippen molar-refractivity contribution in [2.45, 2.75) is 13.3 Å². The Labute approximate surface area is 140 Å². The predicted octanol–water partition coefficient (Wildman–Crippen LogP) is 1.76. The summed E-state index contributed by atoms with van der Waals surface area (Å²) in [6.45, 7) is 0.612. The Morgan fingerprint density at radius 1 is 1.28 bits per heavy atom. The molecular weight excluding hydrogens is 346 g/mol. The van der Waals surface area contributed by atoms with Gasteiger partial charge in [-0.1, -0.05) is 6.07 Å².